The molecule has 4 atom stereocenters. The number of imide groups is 2. The third-order valence-corrected chi connectivity index (χ3v) is 8.93. The highest BCUT2D eigenvalue weighted by Gasteiger charge is 2.77. The van der Waals surface area contributed by atoms with Gasteiger partial charge in [0.1, 0.15) is 11.4 Å². The average molecular weight is 574 g/mol. The van der Waals surface area contributed by atoms with Crippen molar-refractivity contribution in [2.24, 2.45) is 11.8 Å². The van der Waals surface area contributed by atoms with Gasteiger partial charge in [-0.2, -0.15) is 0 Å². The molecule has 3 fully saturated rings. The Kier molecular flexibility index (Phi) is 6.23. The molecule has 214 valence electrons. The fourth-order valence-corrected chi connectivity index (χ4v) is 7.20. The van der Waals surface area contributed by atoms with Crippen molar-refractivity contribution in [2.75, 3.05) is 4.90 Å². The van der Waals surface area contributed by atoms with Crippen molar-refractivity contribution in [1.29, 1.82) is 0 Å². The quantitative estimate of drug-likeness (QED) is 0.227. The van der Waals surface area contributed by atoms with E-state index in [2.05, 4.69) is 0 Å². The summed E-state index contributed by atoms with van der Waals surface area (Å²) in [7, 11) is 0. The molecule has 7 rings (SSSR count). The fourth-order valence-electron chi connectivity index (χ4n) is 7.20. The van der Waals surface area contributed by atoms with E-state index in [0.717, 1.165) is 27.7 Å². The summed E-state index contributed by atoms with van der Waals surface area (Å²) in [6.45, 7) is 1.97. The number of carbonyl (C=O) groups is 4. The topological polar surface area (TPSA) is 78.0 Å². The van der Waals surface area contributed by atoms with Crippen LogP contribution in [0.3, 0.4) is 0 Å². The number of fused-ring (bicyclic) bond motifs is 3. The normalized spacial score (nSPS) is 24.6. The average Bonchev–Trinajstić information content (AvgIpc) is 3.52. The number of halogens is 1. The first-order valence-electron chi connectivity index (χ1n) is 14.2. The molecule has 43 heavy (non-hydrogen) atoms. The molecule has 0 N–H and O–H groups in total. The summed E-state index contributed by atoms with van der Waals surface area (Å²) >= 11 is 0. The zero-order valence-corrected chi connectivity index (χ0v) is 23.4. The Hall–Kier alpha value is -5.11. The zero-order chi connectivity index (χ0) is 29.9. The van der Waals surface area contributed by atoms with Crippen molar-refractivity contribution >= 4 is 29.4 Å². The molecule has 3 aliphatic heterocycles. The molecule has 5 amide bonds. The van der Waals surface area contributed by atoms with Crippen molar-refractivity contribution in [3.8, 4) is 0 Å². The summed E-state index contributed by atoms with van der Waals surface area (Å²) in [5.41, 5.74) is 1.46. The lowest BCUT2D eigenvalue weighted by molar-refractivity contribution is -0.144. The molecule has 3 aliphatic rings. The fraction of sp³-hybridized carbons (Fsp3) is 0.200. The molecule has 3 unspecified atom stereocenters. The number of nitrogens with zero attached hydrogens (tertiary/aromatic N) is 3. The number of rotatable bonds is 6. The van der Waals surface area contributed by atoms with E-state index in [1.807, 2.05) is 91.9 Å². The summed E-state index contributed by atoms with van der Waals surface area (Å²) in [6, 6.07) is 29.6. The number of anilines is 1. The number of hydrogen-bond donors (Lipinski definition) is 0. The van der Waals surface area contributed by atoms with Crippen LogP contribution in [0.2, 0.25) is 0 Å². The van der Waals surface area contributed by atoms with Gasteiger partial charge in [-0.15, -0.1) is 0 Å². The molecule has 7 nitrogen and oxygen atoms in total. The van der Waals surface area contributed by atoms with Crippen LogP contribution in [0.15, 0.2) is 109 Å². The highest BCUT2D eigenvalue weighted by atomic mass is 19.1. The molecule has 8 heteroatoms. The second-order valence-electron chi connectivity index (χ2n) is 11.5. The Balaban J connectivity index is 1.45. The largest absolute Gasteiger partial charge is 0.332 e. The summed E-state index contributed by atoms with van der Waals surface area (Å²) < 4.78 is 14.4. The van der Waals surface area contributed by atoms with Gasteiger partial charge in [-0.1, -0.05) is 96.6 Å². The van der Waals surface area contributed by atoms with Crippen molar-refractivity contribution in [2.45, 2.75) is 31.5 Å². The summed E-state index contributed by atoms with van der Waals surface area (Å²) in [5, 5.41) is 0. The Labute approximate surface area is 248 Å². The molecule has 3 saturated heterocycles. The molecular formula is C35H28FN3O4. The number of hydrogen-bond acceptors (Lipinski definition) is 4. The monoisotopic (exact) mass is 573 g/mol. The Morgan fingerprint density at radius 1 is 0.744 bits per heavy atom. The minimum absolute atomic E-state index is 0.0198. The maximum absolute atomic E-state index is 14.8. The lowest BCUT2D eigenvalue weighted by atomic mass is 9.75. The molecule has 4 aromatic carbocycles. The van der Waals surface area contributed by atoms with Crippen LogP contribution in [0.5, 0.6) is 0 Å². The minimum Gasteiger partial charge on any atom is -0.300 e. The SMILES string of the molecule is Cc1cccc(C2C3C(=O)N(Cc4ccccc4)C(=O)C3[C@]3(Cc4ccccc4)C(=O)N(c4cccc(F)c4)C(=O)N23)c1. The molecule has 4 aromatic rings. The number of benzene rings is 4. The van der Waals surface area contributed by atoms with Gasteiger partial charge in [-0.05, 0) is 41.8 Å². The van der Waals surface area contributed by atoms with Gasteiger partial charge in [0.25, 0.3) is 5.91 Å². The van der Waals surface area contributed by atoms with Crippen molar-refractivity contribution in [3.05, 3.63) is 137 Å². The van der Waals surface area contributed by atoms with E-state index >= 15 is 0 Å². The van der Waals surface area contributed by atoms with Gasteiger partial charge in [0.05, 0.1) is 30.1 Å². The molecular weight excluding hydrogens is 545 g/mol. The van der Waals surface area contributed by atoms with E-state index in [0.29, 0.717) is 5.56 Å². The Bertz CT molecular complexity index is 1780. The van der Waals surface area contributed by atoms with Crippen molar-refractivity contribution < 1.29 is 23.6 Å². The van der Waals surface area contributed by atoms with E-state index in [1.165, 1.54) is 28.0 Å². The van der Waals surface area contributed by atoms with Crippen LogP contribution in [-0.2, 0) is 27.3 Å². The van der Waals surface area contributed by atoms with E-state index in [-0.39, 0.29) is 18.7 Å². The summed E-state index contributed by atoms with van der Waals surface area (Å²) in [6.07, 6.45) is 0.0198. The van der Waals surface area contributed by atoms with Crippen molar-refractivity contribution in [3.63, 3.8) is 0 Å². The van der Waals surface area contributed by atoms with Gasteiger partial charge in [0, 0.05) is 6.42 Å². The number of aryl methyl sites for hydroxylation is 1. The van der Waals surface area contributed by atoms with Gasteiger partial charge < -0.3 is 4.90 Å². The van der Waals surface area contributed by atoms with Crippen LogP contribution in [0.4, 0.5) is 14.9 Å². The molecule has 0 aliphatic carbocycles. The van der Waals surface area contributed by atoms with Gasteiger partial charge in [-0.3, -0.25) is 19.3 Å². The second kappa shape index (κ2) is 10.0. The van der Waals surface area contributed by atoms with Crippen LogP contribution >= 0.6 is 0 Å². The predicted octanol–water partition coefficient (Wildman–Crippen LogP) is 5.44. The van der Waals surface area contributed by atoms with Gasteiger partial charge >= 0.3 is 6.03 Å². The van der Waals surface area contributed by atoms with E-state index in [1.54, 1.807) is 0 Å². The highest BCUT2D eigenvalue weighted by molar-refractivity contribution is 6.27. The molecule has 0 radical (unpaired) electrons. The molecule has 0 saturated carbocycles. The summed E-state index contributed by atoms with van der Waals surface area (Å²) in [4.78, 5) is 61.7. The third-order valence-electron chi connectivity index (χ3n) is 8.93. The molecule has 0 bridgehead atoms. The zero-order valence-electron chi connectivity index (χ0n) is 23.4. The first-order valence-corrected chi connectivity index (χ1v) is 14.2. The van der Waals surface area contributed by atoms with Crippen LogP contribution in [0.1, 0.15) is 28.3 Å². The number of amides is 5. The first kappa shape index (κ1) is 26.8. The second-order valence-corrected chi connectivity index (χ2v) is 11.5. The van der Waals surface area contributed by atoms with Gasteiger partial charge in [-0.25, -0.2) is 14.1 Å². The number of urea groups is 1. The van der Waals surface area contributed by atoms with Crippen molar-refractivity contribution in [1.82, 2.24) is 9.80 Å². The Morgan fingerprint density at radius 3 is 2.09 bits per heavy atom. The lowest BCUT2D eigenvalue weighted by Crippen LogP contribution is -2.55. The number of carbonyl (C=O) groups excluding carboxylic acids is 4. The van der Waals surface area contributed by atoms with Crippen LogP contribution < -0.4 is 4.90 Å². The number of likely N-dealkylation sites (tertiary alicyclic amines) is 1. The molecule has 0 spiro atoms. The lowest BCUT2D eigenvalue weighted by Gasteiger charge is -2.35. The van der Waals surface area contributed by atoms with Gasteiger partial charge in [0.15, 0.2) is 0 Å². The summed E-state index contributed by atoms with van der Waals surface area (Å²) in [5.74, 6) is -4.24. The molecule has 0 aromatic heterocycles. The van der Waals surface area contributed by atoms with Crippen LogP contribution in [-0.4, -0.2) is 39.1 Å². The minimum atomic E-state index is -1.71. The first-order chi connectivity index (χ1) is 20.8. The van der Waals surface area contributed by atoms with E-state index in [9.17, 15) is 23.6 Å². The maximum Gasteiger partial charge on any atom is 0.332 e. The van der Waals surface area contributed by atoms with E-state index in [4.69, 9.17) is 0 Å². The van der Waals surface area contributed by atoms with E-state index < -0.39 is 53.0 Å². The van der Waals surface area contributed by atoms with Gasteiger partial charge in [0.2, 0.25) is 11.8 Å². The molecule has 3 heterocycles. The third kappa shape index (κ3) is 4.00. The standard InChI is InChI=1S/C35H28FN3O4/c1-22-10-8-15-25(18-22)30-28-29(32(41)37(31(28)40)21-24-13-6-3-7-14-24)35(20-23-11-4-2-5-12-23)33(42)38(34(43)39(30)35)27-17-9-16-26(36)19-27/h2-19,28-30H,20-21H2,1H3/t28?,29?,30?,35-/m1/s1. The smallest absolute Gasteiger partial charge is 0.300 e. The predicted molar refractivity (Wildman–Crippen MR) is 157 cm³/mol. The maximum atomic E-state index is 14.8. The van der Waals surface area contributed by atoms with Crippen LogP contribution in [0, 0.1) is 24.6 Å². The Morgan fingerprint density at radius 2 is 1.42 bits per heavy atom. The highest BCUT2D eigenvalue weighted by Crippen LogP contribution is 2.60. The van der Waals surface area contributed by atoms with Crippen LogP contribution in [0.25, 0.3) is 0 Å².